The fourth-order valence-corrected chi connectivity index (χ4v) is 3.53. The van der Waals surface area contributed by atoms with Crippen LogP contribution in [0.15, 0.2) is 54.1 Å². The summed E-state index contributed by atoms with van der Waals surface area (Å²) in [5.74, 6) is 0.965. The van der Waals surface area contributed by atoms with E-state index in [0.29, 0.717) is 0 Å². The minimum Gasteiger partial charge on any atom is -0.325 e. The average Bonchev–Trinajstić information content (AvgIpc) is 3.24. The maximum atomic E-state index is 12.2. The third-order valence-electron chi connectivity index (χ3n) is 3.65. The van der Waals surface area contributed by atoms with E-state index in [1.165, 1.54) is 0 Å². The third kappa shape index (κ3) is 2.87. The predicted octanol–water partition coefficient (Wildman–Crippen LogP) is 2.49. The number of benzene rings is 1. The Morgan fingerprint density at radius 2 is 2.22 bits per heavy atom. The number of carbonyl (C=O) groups excluding carboxylic acids is 1. The maximum absolute atomic E-state index is 12.2. The van der Waals surface area contributed by atoms with E-state index >= 15 is 0 Å². The van der Waals surface area contributed by atoms with Crippen LogP contribution in [-0.2, 0) is 17.9 Å². The number of rotatable bonds is 4. The Kier molecular flexibility index (Phi) is 3.63. The third-order valence-corrected chi connectivity index (χ3v) is 4.62. The zero-order valence-electron chi connectivity index (χ0n) is 12.3. The van der Waals surface area contributed by atoms with Gasteiger partial charge in [-0.3, -0.25) is 9.48 Å². The number of nitrogens with one attached hydrogen (secondary N) is 1. The summed E-state index contributed by atoms with van der Waals surface area (Å²) >= 11 is 1.76. The van der Waals surface area contributed by atoms with Crippen LogP contribution in [0.1, 0.15) is 0 Å². The van der Waals surface area contributed by atoms with Gasteiger partial charge in [-0.15, -0.1) is 0 Å². The molecule has 1 amide bonds. The van der Waals surface area contributed by atoms with E-state index in [-0.39, 0.29) is 12.5 Å². The van der Waals surface area contributed by atoms with Crippen LogP contribution in [0.5, 0.6) is 0 Å². The second-order valence-electron chi connectivity index (χ2n) is 5.25. The Hall–Kier alpha value is -2.54. The summed E-state index contributed by atoms with van der Waals surface area (Å²) in [5.41, 5.74) is 2.59. The van der Waals surface area contributed by atoms with Crippen molar-refractivity contribution in [2.75, 3.05) is 11.1 Å². The highest BCUT2D eigenvalue weighted by molar-refractivity contribution is 7.99. The number of imidazole rings is 1. The molecule has 0 unspecified atom stereocenters. The fraction of sp³-hybridized carbons (Fsp3) is 0.188. The van der Waals surface area contributed by atoms with Gasteiger partial charge >= 0.3 is 0 Å². The number of aryl methyl sites for hydroxylation is 1. The second kappa shape index (κ2) is 5.92. The van der Waals surface area contributed by atoms with Gasteiger partial charge in [-0.1, -0.05) is 30.0 Å². The molecule has 3 aromatic rings. The number of aromatic nitrogens is 4. The van der Waals surface area contributed by atoms with E-state index in [1.807, 2.05) is 30.5 Å². The Morgan fingerprint density at radius 1 is 1.30 bits per heavy atom. The molecule has 0 radical (unpaired) electrons. The Bertz CT molecular complexity index is 819. The lowest BCUT2D eigenvalue weighted by Gasteiger charge is -2.09. The number of hydrogen-bond donors (Lipinski definition) is 1. The summed E-state index contributed by atoms with van der Waals surface area (Å²) < 4.78 is 3.75. The lowest BCUT2D eigenvalue weighted by atomic mass is 10.1. The first-order valence-corrected chi connectivity index (χ1v) is 8.35. The van der Waals surface area contributed by atoms with E-state index in [4.69, 9.17) is 0 Å². The summed E-state index contributed by atoms with van der Waals surface area (Å²) in [6, 6.07) is 9.54. The fourth-order valence-electron chi connectivity index (χ4n) is 2.59. The molecule has 1 aromatic carbocycles. The van der Waals surface area contributed by atoms with E-state index in [1.54, 1.807) is 34.9 Å². The quantitative estimate of drug-likeness (QED) is 0.800. The summed E-state index contributed by atoms with van der Waals surface area (Å²) in [6.45, 7) is 1.18. The molecule has 0 bridgehead atoms. The van der Waals surface area contributed by atoms with Gasteiger partial charge in [0.05, 0.1) is 11.4 Å². The van der Waals surface area contributed by atoms with Crippen molar-refractivity contribution in [3.8, 4) is 11.3 Å². The molecule has 0 spiro atoms. The van der Waals surface area contributed by atoms with E-state index in [0.717, 1.165) is 34.4 Å². The topological polar surface area (TPSA) is 64.7 Å². The highest BCUT2D eigenvalue weighted by Crippen LogP contribution is 2.32. The highest BCUT2D eigenvalue weighted by atomic mass is 32.2. The molecular formula is C16H15N5OS. The molecule has 7 heteroatoms. The number of amides is 1. The Balaban J connectivity index is 1.58. The summed E-state index contributed by atoms with van der Waals surface area (Å²) in [4.78, 5) is 16.9. The molecule has 1 N–H and O–H groups in total. The monoisotopic (exact) mass is 325 g/mol. The maximum Gasteiger partial charge on any atom is 0.246 e. The molecule has 0 atom stereocenters. The molecule has 23 heavy (non-hydrogen) atoms. The van der Waals surface area contributed by atoms with Crippen LogP contribution >= 0.6 is 11.8 Å². The molecule has 0 saturated heterocycles. The minimum absolute atomic E-state index is 0.109. The van der Waals surface area contributed by atoms with Crippen molar-refractivity contribution in [1.29, 1.82) is 0 Å². The number of hydrogen-bond acceptors (Lipinski definition) is 4. The van der Waals surface area contributed by atoms with Crippen LogP contribution in [-0.4, -0.2) is 31.0 Å². The molecule has 0 fully saturated rings. The standard InChI is InChI=1S/C16H15N5OS/c22-15(11-21-7-3-6-17-21)18-13-5-2-1-4-12(13)14-10-20-8-9-23-16(20)19-14/h1-7,10H,8-9,11H2,(H,18,22). The lowest BCUT2D eigenvalue weighted by Crippen LogP contribution is -2.19. The van der Waals surface area contributed by atoms with Gasteiger partial charge in [-0.2, -0.15) is 5.10 Å². The number of fused-ring (bicyclic) bond motifs is 1. The number of anilines is 1. The minimum atomic E-state index is -0.109. The van der Waals surface area contributed by atoms with Crippen LogP contribution in [0.4, 0.5) is 5.69 Å². The van der Waals surface area contributed by atoms with E-state index < -0.39 is 0 Å². The summed E-state index contributed by atoms with van der Waals surface area (Å²) in [5, 5.41) is 8.05. The van der Waals surface area contributed by atoms with Crippen molar-refractivity contribution in [2.24, 2.45) is 0 Å². The zero-order valence-corrected chi connectivity index (χ0v) is 13.2. The molecule has 0 saturated carbocycles. The van der Waals surface area contributed by atoms with Crippen molar-refractivity contribution in [2.45, 2.75) is 18.2 Å². The molecular weight excluding hydrogens is 310 g/mol. The molecule has 4 rings (SSSR count). The molecule has 2 aromatic heterocycles. The predicted molar refractivity (Wildman–Crippen MR) is 89.2 cm³/mol. The SMILES string of the molecule is O=C(Cn1cccn1)Nc1ccccc1-c1cn2c(n1)SCC2. The average molecular weight is 325 g/mol. The van der Waals surface area contributed by atoms with Crippen molar-refractivity contribution in [3.63, 3.8) is 0 Å². The van der Waals surface area contributed by atoms with Gasteiger partial charge in [0.2, 0.25) is 5.91 Å². The summed E-state index contributed by atoms with van der Waals surface area (Å²) in [7, 11) is 0. The largest absolute Gasteiger partial charge is 0.325 e. The van der Waals surface area contributed by atoms with E-state index in [2.05, 4.69) is 20.0 Å². The van der Waals surface area contributed by atoms with Crippen molar-refractivity contribution >= 4 is 23.4 Å². The van der Waals surface area contributed by atoms with Gasteiger partial charge in [0.25, 0.3) is 0 Å². The van der Waals surface area contributed by atoms with Gasteiger partial charge in [0.1, 0.15) is 6.54 Å². The first kappa shape index (κ1) is 14.1. The van der Waals surface area contributed by atoms with Gasteiger partial charge in [-0.05, 0) is 12.1 Å². The zero-order chi connectivity index (χ0) is 15.6. The molecule has 1 aliphatic heterocycles. The number of thioether (sulfide) groups is 1. The number of nitrogens with zero attached hydrogens (tertiary/aromatic N) is 4. The van der Waals surface area contributed by atoms with Crippen molar-refractivity contribution < 1.29 is 4.79 Å². The van der Waals surface area contributed by atoms with Gasteiger partial charge in [0, 0.05) is 36.5 Å². The van der Waals surface area contributed by atoms with Crippen LogP contribution in [0.25, 0.3) is 11.3 Å². The van der Waals surface area contributed by atoms with Gasteiger partial charge < -0.3 is 9.88 Å². The van der Waals surface area contributed by atoms with E-state index in [9.17, 15) is 4.79 Å². The molecule has 6 nitrogen and oxygen atoms in total. The second-order valence-corrected chi connectivity index (χ2v) is 6.31. The van der Waals surface area contributed by atoms with Crippen LogP contribution < -0.4 is 5.32 Å². The number of para-hydroxylation sites is 1. The van der Waals surface area contributed by atoms with Crippen LogP contribution in [0.2, 0.25) is 0 Å². The van der Waals surface area contributed by atoms with Crippen molar-refractivity contribution in [3.05, 3.63) is 48.9 Å². The normalized spacial score (nSPS) is 13.0. The van der Waals surface area contributed by atoms with Crippen LogP contribution in [0.3, 0.4) is 0 Å². The molecule has 3 heterocycles. The first-order chi connectivity index (χ1) is 11.3. The first-order valence-electron chi connectivity index (χ1n) is 7.36. The smallest absolute Gasteiger partial charge is 0.246 e. The Morgan fingerprint density at radius 3 is 3.04 bits per heavy atom. The summed E-state index contributed by atoms with van der Waals surface area (Å²) in [6.07, 6.45) is 5.47. The molecule has 116 valence electrons. The number of carbonyl (C=O) groups is 1. The highest BCUT2D eigenvalue weighted by Gasteiger charge is 2.17. The Labute approximate surface area is 137 Å². The lowest BCUT2D eigenvalue weighted by molar-refractivity contribution is -0.116. The van der Waals surface area contributed by atoms with Gasteiger partial charge in [-0.25, -0.2) is 4.98 Å². The van der Waals surface area contributed by atoms with Crippen LogP contribution in [0, 0.1) is 0 Å². The molecule has 0 aliphatic carbocycles. The van der Waals surface area contributed by atoms with Gasteiger partial charge in [0.15, 0.2) is 5.16 Å². The molecule has 1 aliphatic rings. The van der Waals surface area contributed by atoms with Crippen molar-refractivity contribution in [1.82, 2.24) is 19.3 Å².